The van der Waals surface area contributed by atoms with Crippen LogP contribution in [0.3, 0.4) is 0 Å². The highest BCUT2D eigenvalue weighted by atomic mass is 16.2. The molecule has 1 saturated heterocycles. The van der Waals surface area contributed by atoms with E-state index in [4.69, 9.17) is 4.98 Å². The van der Waals surface area contributed by atoms with Crippen LogP contribution >= 0.6 is 0 Å². The number of hydrogen-bond donors (Lipinski definition) is 1. The Morgan fingerprint density at radius 1 is 1.23 bits per heavy atom. The van der Waals surface area contributed by atoms with Gasteiger partial charge in [-0.05, 0) is 38.7 Å². The number of nitrogens with one attached hydrogen (secondary N) is 1. The zero-order chi connectivity index (χ0) is 20.8. The first kappa shape index (κ1) is 19.0. The lowest BCUT2D eigenvalue weighted by Crippen LogP contribution is -2.41. The largest absolute Gasteiger partial charge is 0.332 e. The fourth-order valence-corrected chi connectivity index (χ4v) is 4.58. The molecule has 9 heteroatoms. The van der Waals surface area contributed by atoms with Gasteiger partial charge in [-0.1, -0.05) is 0 Å². The van der Waals surface area contributed by atoms with Gasteiger partial charge in [-0.15, -0.1) is 0 Å². The first-order chi connectivity index (χ1) is 14.6. The molecule has 2 amide bonds. The number of aromatic amines is 1. The number of amides is 2. The lowest BCUT2D eigenvalue weighted by Gasteiger charge is -2.29. The van der Waals surface area contributed by atoms with Crippen molar-refractivity contribution in [1.82, 2.24) is 29.5 Å². The first-order valence-electron chi connectivity index (χ1n) is 10.8. The quantitative estimate of drug-likeness (QED) is 0.817. The van der Waals surface area contributed by atoms with E-state index in [2.05, 4.69) is 10.1 Å². The van der Waals surface area contributed by atoms with E-state index in [1.165, 1.54) is 0 Å². The molecule has 0 unspecified atom stereocenters. The normalized spacial score (nSPS) is 21.0. The van der Waals surface area contributed by atoms with E-state index in [9.17, 15) is 14.4 Å². The van der Waals surface area contributed by atoms with Crippen molar-refractivity contribution in [1.29, 1.82) is 0 Å². The molecule has 2 aliphatic heterocycles. The molecule has 1 saturated carbocycles. The highest BCUT2D eigenvalue weighted by Gasteiger charge is 2.40. The molecule has 0 spiro atoms. The topological polar surface area (TPSA) is 104 Å². The van der Waals surface area contributed by atoms with E-state index in [0.29, 0.717) is 36.6 Å². The lowest BCUT2D eigenvalue weighted by atomic mass is 10.1. The van der Waals surface area contributed by atoms with Crippen LogP contribution in [0.2, 0.25) is 0 Å². The number of carbonyl (C=O) groups excluding carboxylic acids is 2. The van der Waals surface area contributed by atoms with Crippen LogP contribution in [0.5, 0.6) is 0 Å². The van der Waals surface area contributed by atoms with E-state index < -0.39 is 0 Å². The Balaban J connectivity index is 1.38. The van der Waals surface area contributed by atoms with Crippen molar-refractivity contribution in [3.63, 3.8) is 0 Å². The van der Waals surface area contributed by atoms with Gasteiger partial charge in [-0.3, -0.25) is 19.1 Å². The average Bonchev–Trinajstić information content (AvgIpc) is 3.30. The molecule has 0 bridgehead atoms. The maximum absolute atomic E-state index is 12.9. The number of hydrogen-bond acceptors (Lipinski definition) is 5. The van der Waals surface area contributed by atoms with Gasteiger partial charge in [-0.25, -0.2) is 4.98 Å². The van der Waals surface area contributed by atoms with Crippen molar-refractivity contribution in [3.05, 3.63) is 45.4 Å². The molecular formula is C21H26N6O3. The number of H-pyrrole nitrogens is 1. The smallest absolute Gasteiger partial charge is 0.272 e. The van der Waals surface area contributed by atoms with Crippen LogP contribution in [0.4, 0.5) is 0 Å². The molecule has 3 aliphatic rings. The van der Waals surface area contributed by atoms with Gasteiger partial charge in [0.1, 0.15) is 11.5 Å². The van der Waals surface area contributed by atoms with Crippen LogP contribution in [-0.2, 0) is 24.3 Å². The predicted molar refractivity (Wildman–Crippen MR) is 108 cm³/mol. The maximum atomic E-state index is 12.9. The number of fused-ring (bicyclic) bond motifs is 1. The van der Waals surface area contributed by atoms with Gasteiger partial charge in [0.15, 0.2) is 0 Å². The molecule has 2 aromatic rings. The number of likely N-dealkylation sites (tertiary alicyclic amines) is 1. The maximum Gasteiger partial charge on any atom is 0.272 e. The Hall–Kier alpha value is -2.97. The summed E-state index contributed by atoms with van der Waals surface area (Å²) in [5.41, 5.74) is 1.61. The minimum atomic E-state index is -0.206. The van der Waals surface area contributed by atoms with E-state index in [1.54, 1.807) is 21.8 Å². The van der Waals surface area contributed by atoms with E-state index in [0.717, 1.165) is 37.9 Å². The summed E-state index contributed by atoms with van der Waals surface area (Å²) in [7, 11) is 0. The lowest BCUT2D eigenvalue weighted by molar-refractivity contribution is -0.133. The van der Waals surface area contributed by atoms with Gasteiger partial charge >= 0.3 is 0 Å². The van der Waals surface area contributed by atoms with Crippen LogP contribution in [0.1, 0.15) is 66.2 Å². The van der Waals surface area contributed by atoms with E-state index in [1.807, 2.05) is 11.8 Å². The number of rotatable bonds is 4. The Morgan fingerprint density at radius 2 is 2.07 bits per heavy atom. The number of nitrogens with zero attached hydrogens (tertiary/aromatic N) is 5. The molecule has 1 atom stereocenters. The summed E-state index contributed by atoms with van der Waals surface area (Å²) in [6.07, 6.45) is 5.84. The predicted octanol–water partition coefficient (Wildman–Crippen LogP) is 1.26. The molecular weight excluding hydrogens is 384 g/mol. The highest BCUT2D eigenvalue weighted by Crippen LogP contribution is 2.37. The van der Waals surface area contributed by atoms with Gasteiger partial charge < -0.3 is 14.8 Å². The second-order valence-electron chi connectivity index (χ2n) is 8.35. The number of aryl methyl sites for hydroxylation is 1. The highest BCUT2D eigenvalue weighted by molar-refractivity contribution is 5.92. The molecule has 0 radical (unpaired) electrons. The summed E-state index contributed by atoms with van der Waals surface area (Å²) in [5, 5.41) is 4.16. The molecule has 30 heavy (non-hydrogen) atoms. The van der Waals surface area contributed by atoms with Crippen LogP contribution in [-0.4, -0.2) is 54.5 Å². The third-order valence-electron chi connectivity index (χ3n) is 6.39. The van der Waals surface area contributed by atoms with Gasteiger partial charge in [0, 0.05) is 38.2 Å². The Morgan fingerprint density at radius 3 is 2.83 bits per heavy atom. The summed E-state index contributed by atoms with van der Waals surface area (Å²) in [4.78, 5) is 49.7. The Bertz CT molecular complexity index is 1050. The van der Waals surface area contributed by atoms with Gasteiger partial charge in [0.25, 0.3) is 11.5 Å². The average molecular weight is 410 g/mol. The third kappa shape index (κ3) is 3.22. The van der Waals surface area contributed by atoms with Gasteiger partial charge in [0.2, 0.25) is 5.91 Å². The zero-order valence-electron chi connectivity index (χ0n) is 17.1. The summed E-state index contributed by atoms with van der Waals surface area (Å²) in [5.74, 6) is 0.822. The third-order valence-corrected chi connectivity index (χ3v) is 6.39. The SMILES string of the molecule is CCn1nccc1C(=O)N1CCc2nc([C@H]3CCCN3C(=O)C3CC3)[nH]c(=O)c2C1. The van der Waals surface area contributed by atoms with Gasteiger partial charge in [-0.2, -0.15) is 5.10 Å². The molecule has 9 nitrogen and oxygen atoms in total. The zero-order valence-corrected chi connectivity index (χ0v) is 17.1. The monoisotopic (exact) mass is 410 g/mol. The van der Waals surface area contributed by atoms with Gasteiger partial charge in [0.05, 0.1) is 23.8 Å². The van der Waals surface area contributed by atoms with E-state index in [-0.39, 0.29) is 35.9 Å². The van der Waals surface area contributed by atoms with Crippen LogP contribution in [0.25, 0.3) is 0 Å². The second-order valence-corrected chi connectivity index (χ2v) is 8.35. The molecule has 0 aromatic carbocycles. The molecule has 1 aliphatic carbocycles. The van der Waals surface area contributed by atoms with Crippen LogP contribution in [0.15, 0.2) is 17.1 Å². The fourth-order valence-electron chi connectivity index (χ4n) is 4.58. The number of carbonyl (C=O) groups is 2. The Labute approximate surface area is 174 Å². The summed E-state index contributed by atoms with van der Waals surface area (Å²) < 4.78 is 1.66. The molecule has 4 heterocycles. The van der Waals surface area contributed by atoms with Crippen LogP contribution < -0.4 is 5.56 Å². The molecule has 5 rings (SSSR count). The van der Waals surface area contributed by atoms with Crippen molar-refractivity contribution >= 4 is 11.8 Å². The van der Waals surface area contributed by atoms with Crippen molar-refractivity contribution < 1.29 is 9.59 Å². The van der Waals surface area contributed by atoms with Crippen molar-refractivity contribution in [2.24, 2.45) is 5.92 Å². The molecule has 1 N–H and O–H groups in total. The fraction of sp³-hybridized carbons (Fsp3) is 0.571. The van der Waals surface area contributed by atoms with E-state index >= 15 is 0 Å². The van der Waals surface area contributed by atoms with Crippen molar-refractivity contribution in [2.45, 2.75) is 58.2 Å². The summed E-state index contributed by atoms with van der Waals surface area (Å²) in [6.45, 7) is 4.02. The Kier molecular flexibility index (Phi) is 4.67. The van der Waals surface area contributed by atoms with Crippen LogP contribution in [0, 0.1) is 5.92 Å². The first-order valence-corrected chi connectivity index (χ1v) is 10.8. The minimum absolute atomic E-state index is 0.125. The summed E-state index contributed by atoms with van der Waals surface area (Å²) in [6, 6.07) is 1.56. The second kappa shape index (κ2) is 7.37. The standard InChI is InChI=1S/C21H26N6O3/c1-2-27-17(7-9-22-27)21(30)25-11-8-15-14(12-25)19(28)24-18(23-15)16-4-3-10-26(16)20(29)13-5-6-13/h7,9,13,16H,2-6,8,10-12H2,1H3,(H,23,24,28)/t16-/m1/s1. The minimum Gasteiger partial charge on any atom is -0.332 e. The van der Waals surface area contributed by atoms with Crippen molar-refractivity contribution in [3.8, 4) is 0 Å². The molecule has 2 fully saturated rings. The number of aromatic nitrogens is 4. The van der Waals surface area contributed by atoms with Crippen molar-refractivity contribution in [2.75, 3.05) is 13.1 Å². The summed E-state index contributed by atoms with van der Waals surface area (Å²) >= 11 is 0. The molecule has 158 valence electrons. The molecule has 2 aromatic heterocycles.